The van der Waals surface area contributed by atoms with E-state index in [1.807, 2.05) is 13.8 Å². The quantitative estimate of drug-likeness (QED) is 0.855. The minimum absolute atomic E-state index is 0. The molecule has 1 aromatic carbocycles. The van der Waals surface area contributed by atoms with Gasteiger partial charge in [-0.3, -0.25) is 4.79 Å². The summed E-state index contributed by atoms with van der Waals surface area (Å²) < 4.78 is 26.2. The van der Waals surface area contributed by atoms with Crippen molar-refractivity contribution in [2.45, 2.75) is 18.7 Å². The molecule has 0 bridgehead atoms. The highest BCUT2D eigenvalue weighted by Crippen LogP contribution is 2.17. The van der Waals surface area contributed by atoms with Gasteiger partial charge in [-0.05, 0) is 24.3 Å². The second-order valence-electron chi connectivity index (χ2n) is 5.16. The Balaban J connectivity index is 0.00000264. The van der Waals surface area contributed by atoms with Gasteiger partial charge in [-0.15, -0.1) is 12.4 Å². The van der Waals surface area contributed by atoms with Crippen LogP contribution in [0.2, 0.25) is 0 Å². The van der Waals surface area contributed by atoms with Gasteiger partial charge in [0.25, 0.3) is 5.91 Å². The average molecular weight is 362 g/mol. The van der Waals surface area contributed by atoms with Gasteiger partial charge in [-0.25, -0.2) is 8.42 Å². The number of rotatable bonds is 5. The van der Waals surface area contributed by atoms with Crippen LogP contribution < -0.4 is 5.32 Å². The fourth-order valence-electron chi connectivity index (χ4n) is 2.53. The van der Waals surface area contributed by atoms with E-state index in [1.165, 1.54) is 16.4 Å². The Morgan fingerprint density at radius 2 is 1.65 bits per heavy atom. The summed E-state index contributed by atoms with van der Waals surface area (Å²) in [7, 11) is -3.47. The van der Waals surface area contributed by atoms with Crippen molar-refractivity contribution >= 4 is 28.3 Å². The summed E-state index contributed by atoms with van der Waals surface area (Å²) in [4.78, 5) is 14.4. The molecule has 23 heavy (non-hydrogen) atoms. The third kappa shape index (κ3) is 4.44. The Morgan fingerprint density at radius 3 is 2.13 bits per heavy atom. The van der Waals surface area contributed by atoms with Gasteiger partial charge in [0.2, 0.25) is 10.0 Å². The number of carbonyl (C=O) groups is 1. The van der Waals surface area contributed by atoms with Gasteiger partial charge in [-0.1, -0.05) is 13.8 Å². The highest BCUT2D eigenvalue weighted by atomic mass is 35.5. The molecule has 0 spiro atoms. The van der Waals surface area contributed by atoms with Crippen LogP contribution in [0.5, 0.6) is 0 Å². The molecule has 1 N–H and O–H groups in total. The Kier molecular flexibility index (Phi) is 7.47. The van der Waals surface area contributed by atoms with Crippen molar-refractivity contribution in [3.63, 3.8) is 0 Å². The molecular weight excluding hydrogens is 338 g/mol. The Morgan fingerprint density at radius 1 is 1.13 bits per heavy atom. The van der Waals surface area contributed by atoms with Crippen LogP contribution in [0.3, 0.4) is 0 Å². The number of piperazine rings is 1. The molecule has 8 heteroatoms. The lowest BCUT2D eigenvalue weighted by atomic mass is 10.2. The number of hydrogen-bond donors (Lipinski definition) is 1. The van der Waals surface area contributed by atoms with Gasteiger partial charge in [0.05, 0.1) is 4.90 Å². The number of carbonyl (C=O) groups excluding carboxylic acids is 1. The second-order valence-corrected chi connectivity index (χ2v) is 7.09. The van der Waals surface area contributed by atoms with Gasteiger partial charge < -0.3 is 10.2 Å². The van der Waals surface area contributed by atoms with Crippen LogP contribution in [0.4, 0.5) is 0 Å². The van der Waals surface area contributed by atoms with Crippen LogP contribution in [-0.4, -0.2) is 62.8 Å². The van der Waals surface area contributed by atoms with E-state index in [0.29, 0.717) is 31.7 Å². The molecule has 0 aromatic heterocycles. The number of sulfonamides is 1. The first-order valence-corrected chi connectivity index (χ1v) is 9.05. The Bertz CT molecular complexity index is 609. The SMILES string of the molecule is CCN(CC)S(=O)(=O)c1ccc(C(=O)N2CCNCC2)cc1.Cl. The average Bonchev–Trinajstić information content (AvgIpc) is 2.56. The van der Waals surface area contributed by atoms with Crippen LogP contribution in [0, 0.1) is 0 Å². The molecule has 1 aliphatic rings. The standard InChI is InChI=1S/C15H23N3O3S.ClH/c1-3-18(4-2)22(20,21)14-7-5-13(6-8-14)15(19)17-11-9-16-10-12-17;/h5-8,16H,3-4,9-12H2,1-2H3;1H. The highest BCUT2D eigenvalue weighted by molar-refractivity contribution is 7.89. The maximum Gasteiger partial charge on any atom is 0.253 e. The first-order chi connectivity index (χ1) is 10.5. The maximum absolute atomic E-state index is 12.4. The largest absolute Gasteiger partial charge is 0.336 e. The molecule has 0 radical (unpaired) electrons. The van der Waals surface area contributed by atoms with E-state index < -0.39 is 10.0 Å². The number of nitrogens with one attached hydrogen (secondary N) is 1. The molecule has 6 nitrogen and oxygen atoms in total. The summed E-state index contributed by atoms with van der Waals surface area (Å²) in [5.41, 5.74) is 0.528. The zero-order valence-corrected chi connectivity index (χ0v) is 15.1. The van der Waals surface area contributed by atoms with Crippen molar-refractivity contribution < 1.29 is 13.2 Å². The van der Waals surface area contributed by atoms with Crippen LogP contribution in [0.25, 0.3) is 0 Å². The fraction of sp³-hybridized carbons (Fsp3) is 0.533. The van der Waals surface area contributed by atoms with Crippen molar-refractivity contribution in [2.75, 3.05) is 39.3 Å². The summed E-state index contributed by atoms with van der Waals surface area (Å²) in [5.74, 6) is -0.0479. The lowest BCUT2D eigenvalue weighted by Crippen LogP contribution is -2.46. The van der Waals surface area contributed by atoms with E-state index in [-0.39, 0.29) is 23.2 Å². The third-order valence-corrected chi connectivity index (χ3v) is 5.91. The molecule has 1 aromatic rings. The van der Waals surface area contributed by atoms with Gasteiger partial charge in [-0.2, -0.15) is 4.31 Å². The normalized spacial score (nSPS) is 15.3. The molecule has 1 saturated heterocycles. The zero-order chi connectivity index (χ0) is 16.2. The monoisotopic (exact) mass is 361 g/mol. The smallest absolute Gasteiger partial charge is 0.253 e. The number of nitrogens with zero attached hydrogens (tertiary/aromatic N) is 2. The summed E-state index contributed by atoms with van der Waals surface area (Å²) in [6, 6.07) is 6.23. The molecule has 1 aliphatic heterocycles. The van der Waals surface area contributed by atoms with Crippen LogP contribution in [-0.2, 0) is 10.0 Å². The van der Waals surface area contributed by atoms with E-state index >= 15 is 0 Å². The minimum Gasteiger partial charge on any atom is -0.336 e. The summed E-state index contributed by atoms with van der Waals surface area (Å²) >= 11 is 0. The number of halogens is 1. The molecule has 0 atom stereocenters. The van der Waals surface area contributed by atoms with Crippen molar-refractivity contribution in [3.05, 3.63) is 29.8 Å². The Labute approximate surface area is 144 Å². The third-order valence-electron chi connectivity index (χ3n) is 3.85. The molecule has 0 saturated carbocycles. The van der Waals surface area contributed by atoms with Gasteiger partial charge in [0.15, 0.2) is 0 Å². The van der Waals surface area contributed by atoms with Gasteiger partial charge >= 0.3 is 0 Å². The van der Waals surface area contributed by atoms with Crippen molar-refractivity contribution in [1.82, 2.24) is 14.5 Å². The predicted octanol–water partition coefficient (Wildman–Crippen LogP) is 1.18. The van der Waals surface area contributed by atoms with Crippen molar-refractivity contribution in [1.29, 1.82) is 0 Å². The van der Waals surface area contributed by atoms with Gasteiger partial charge in [0.1, 0.15) is 0 Å². The molecule has 1 amide bonds. The van der Waals surface area contributed by atoms with Crippen molar-refractivity contribution in [3.8, 4) is 0 Å². The first kappa shape index (κ1) is 19.9. The number of amides is 1. The molecule has 0 aliphatic carbocycles. The Hall–Kier alpha value is -1.15. The zero-order valence-electron chi connectivity index (χ0n) is 13.5. The molecular formula is C15H24ClN3O3S. The van der Waals surface area contributed by atoms with E-state index in [4.69, 9.17) is 0 Å². The highest BCUT2D eigenvalue weighted by Gasteiger charge is 2.23. The predicted molar refractivity (Wildman–Crippen MR) is 92.6 cm³/mol. The molecule has 1 fully saturated rings. The summed E-state index contributed by atoms with van der Waals surface area (Å²) in [6.45, 7) is 7.42. The second kappa shape index (κ2) is 8.63. The molecule has 130 valence electrons. The van der Waals surface area contributed by atoms with Crippen LogP contribution in [0.15, 0.2) is 29.2 Å². The van der Waals surface area contributed by atoms with Crippen LogP contribution >= 0.6 is 12.4 Å². The minimum atomic E-state index is -3.47. The lowest BCUT2D eigenvalue weighted by Gasteiger charge is -2.27. The number of benzene rings is 1. The van der Waals surface area contributed by atoms with Crippen molar-refractivity contribution in [2.24, 2.45) is 0 Å². The lowest BCUT2D eigenvalue weighted by molar-refractivity contribution is 0.0735. The molecule has 0 unspecified atom stereocenters. The van der Waals surface area contributed by atoms with Gasteiger partial charge in [0, 0.05) is 44.8 Å². The molecule has 1 heterocycles. The summed E-state index contributed by atoms with van der Waals surface area (Å²) in [5, 5.41) is 3.20. The summed E-state index contributed by atoms with van der Waals surface area (Å²) in [6.07, 6.45) is 0. The van der Waals surface area contributed by atoms with E-state index in [1.54, 1.807) is 17.0 Å². The molecule has 2 rings (SSSR count). The fourth-order valence-corrected chi connectivity index (χ4v) is 3.99. The van der Waals surface area contributed by atoms with Crippen LogP contribution in [0.1, 0.15) is 24.2 Å². The number of hydrogen-bond acceptors (Lipinski definition) is 4. The maximum atomic E-state index is 12.4. The van der Waals surface area contributed by atoms with E-state index in [0.717, 1.165) is 13.1 Å². The topological polar surface area (TPSA) is 69.7 Å². The van der Waals surface area contributed by atoms with E-state index in [2.05, 4.69) is 5.32 Å². The first-order valence-electron chi connectivity index (χ1n) is 7.61. The van der Waals surface area contributed by atoms with E-state index in [9.17, 15) is 13.2 Å².